The summed E-state index contributed by atoms with van der Waals surface area (Å²) in [4.78, 5) is 0. The fourth-order valence-corrected chi connectivity index (χ4v) is 2.72. The van der Waals surface area contributed by atoms with Gasteiger partial charge in [-0.2, -0.15) is 0 Å². The van der Waals surface area contributed by atoms with Crippen LogP contribution in [0.1, 0.15) is 0 Å². The average molecular weight is 358 g/mol. The first-order valence-corrected chi connectivity index (χ1v) is 8.82. The summed E-state index contributed by atoms with van der Waals surface area (Å²) >= 11 is 0. The van der Waals surface area contributed by atoms with Crippen molar-refractivity contribution in [3.8, 4) is 23.0 Å². The third kappa shape index (κ3) is 4.39. The van der Waals surface area contributed by atoms with Gasteiger partial charge in [-0.3, -0.25) is 0 Å². The topological polar surface area (TPSA) is 58.7 Å². The third-order valence-corrected chi connectivity index (χ3v) is 4.16. The molecule has 2 heterocycles. The zero-order chi connectivity index (χ0) is 17.6. The van der Waals surface area contributed by atoms with Crippen LogP contribution in [0.3, 0.4) is 0 Å². The van der Waals surface area contributed by atoms with Crippen molar-refractivity contribution in [2.75, 3.05) is 39.6 Å². The number of hydrogen-bond acceptors (Lipinski definition) is 6. The summed E-state index contributed by atoms with van der Waals surface area (Å²) < 4.78 is 34.5. The molecule has 0 aliphatic carbocycles. The number of benzene rings is 2. The number of fused-ring (bicyclic) bond motifs is 3. The van der Waals surface area contributed by atoms with Crippen LogP contribution in [0.25, 0.3) is 0 Å². The molecular formula is C20H22O6. The molecule has 2 aliphatic rings. The van der Waals surface area contributed by atoms with E-state index in [4.69, 9.17) is 28.4 Å². The molecule has 0 radical (unpaired) electrons. The van der Waals surface area contributed by atoms with Crippen molar-refractivity contribution >= 4 is 0 Å². The Kier molecular flexibility index (Phi) is 5.42. The van der Waals surface area contributed by atoms with E-state index < -0.39 is 0 Å². The van der Waals surface area contributed by atoms with Gasteiger partial charge in [-0.05, 0) is 24.3 Å². The molecule has 2 atom stereocenters. The SMILES string of the molecule is c1ccc2c(c1)OCCOCCOc1ccccc1OCC1OC1CO2. The van der Waals surface area contributed by atoms with E-state index in [1.165, 1.54) is 0 Å². The molecular weight excluding hydrogens is 336 g/mol. The van der Waals surface area contributed by atoms with E-state index in [0.717, 1.165) is 0 Å². The molecule has 138 valence electrons. The standard InChI is InChI=1S/C20H22O6/c1-3-7-17-15(5-1)22-11-9-21-10-12-23-16-6-2-4-8-18(16)25-14-20-19(26-20)13-24-17/h1-8,19-20H,9-14H2. The predicted molar refractivity (Wildman–Crippen MR) is 94.3 cm³/mol. The monoisotopic (exact) mass is 358 g/mol. The Morgan fingerprint density at radius 1 is 0.538 bits per heavy atom. The van der Waals surface area contributed by atoms with E-state index in [-0.39, 0.29) is 12.2 Å². The minimum Gasteiger partial charge on any atom is -0.487 e. The van der Waals surface area contributed by atoms with Gasteiger partial charge in [0.2, 0.25) is 0 Å². The molecule has 0 bridgehead atoms. The first-order chi connectivity index (χ1) is 12.9. The lowest BCUT2D eigenvalue weighted by Gasteiger charge is -2.12. The molecule has 6 nitrogen and oxygen atoms in total. The Labute approximate surface area is 152 Å². The van der Waals surface area contributed by atoms with Crippen LogP contribution < -0.4 is 18.9 Å². The van der Waals surface area contributed by atoms with Crippen LogP contribution in [-0.2, 0) is 9.47 Å². The zero-order valence-corrected chi connectivity index (χ0v) is 14.5. The van der Waals surface area contributed by atoms with E-state index in [0.29, 0.717) is 62.6 Å². The van der Waals surface area contributed by atoms with Gasteiger partial charge in [-0.25, -0.2) is 0 Å². The van der Waals surface area contributed by atoms with Crippen LogP contribution in [0.15, 0.2) is 48.5 Å². The summed E-state index contributed by atoms with van der Waals surface area (Å²) in [5, 5.41) is 0. The minimum absolute atomic E-state index is 0.0233. The fourth-order valence-electron chi connectivity index (χ4n) is 2.72. The van der Waals surface area contributed by atoms with Crippen molar-refractivity contribution in [3.05, 3.63) is 48.5 Å². The van der Waals surface area contributed by atoms with E-state index in [1.807, 2.05) is 48.5 Å². The highest BCUT2D eigenvalue weighted by molar-refractivity contribution is 5.40. The van der Waals surface area contributed by atoms with E-state index in [1.54, 1.807) is 0 Å². The van der Waals surface area contributed by atoms with Crippen LogP contribution in [-0.4, -0.2) is 51.8 Å². The molecule has 4 rings (SSSR count). The maximum absolute atomic E-state index is 5.87. The molecule has 2 unspecified atom stereocenters. The number of ether oxygens (including phenoxy) is 6. The van der Waals surface area contributed by atoms with Crippen LogP contribution in [0.5, 0.6) is 23.0 Å². The molecule has 26 heavy (non-hydrogen) atoms. The highest BCUT2D eigenvalue weighted by Crippen LogP contribution is 2.31. The molecule has 1 saturated heterocycles. The van der Waals surface area contributed by atoms with Gasteiger partial charge in [0, 0.05) is 0 Å². The molecule has 2 aromatic carbocycles. The van der Waals surface area contributed by atoms with Gasteiger partial charge in [0.25, 0.3) is 0 Å². The smallest absolute Gasteiger partial charge is 0.161 e. The number of rotatable bonds is 0. The molecule has 0 saturated carbocycles. The largest absolute Gasteiger partial charge is 0.487 e. The molecule has 1 fully saturated rings. The number of epoxide rings is 1. The Hall–Kier alpha value is -2.44. The predicted octanol–water partition coefficient (Wildman–Crippen LogP) is 2.70. The molecule has 2 aromatic rings. The lowest BCUT2D eigenvalue weighted by Crippen LogP contribution is -2.13. The van der Waals surface area contributed by atoms with Crippen molar-refractivity contribution < 1.29 is 28.4 Å². The van der Waals surface area contributed by atoms with Gasteiger partial charge in [0.15, 0.2) is 23.0 Å². The molecule has 0 aromatic heterocycles. The number of hydrogen-bond donors (Lipinski definition) is 0. The van der Waals surface area contributed by atoms with Crippen LogP contribution in [0.4, 0.5) is 0 Å². The van der Waals surface area contributed by atoms with Crippen molar-refractivity contribution in [2.45, 2.75) is 12.2 Å². The second kappa shape index (κ2) is 8.29. The summed E-state index contributed by atoms with van der Waals surface area (Å²) in [6.07, 6.45) is 0.0466. The quantitative estimate of drug-likeness (QED) is 0.675. The van der Waals surface area contributed by atoms with Gasteiger partial charge >= 0.3 is 0 Å². The Balaban J connectivity index is 1.42. The molecule has 0 amide bonds. The van der Waals surface area contributed by atoms with Crippen molar-refractivity contribution in [1.29, 1.82) is 0 Å². The molecule has 6 heteroatoms. The van der Waals surface area contributed by atoms with Gasteiger partial charge in [0.1, 0.15) is 38.6 Å². The van der Waals surface area contributed by atoms with Crippen molar-refractivity contribution in [3.63, 3.8) is 0 Å². The second-order valence-electron chi connectivity index (χ2n) is 6.04. The molecule has 0 spiro atoms. The molecule has 2 aliphatic heterocycles. The van der Waals surface area contributed by atoms with E-state index in [2.05, 4.69) is 0 Å². The van der Waals surface area contributed by atoms with Crippen molar-refractivity contribution in [1.82, 2.24) is 0 Å². The summed E-state index contributed by atoms with van der Waals surface area (Å²) in [6, 6.07) is 15.2. The van der Waals surface area contributed by atoms with Gasteiger partial charge in [-0.15, -0.1) is 0 Å². The summed E-state index contributed by atoms with van der Waals surface area (Å²) in [7, 11) is 0. The van der Waals surface area contributed by atoms with Gasteiger partial charge in [-0.1, -0.05) is 24.3 Å². The maximum Gasteiger partial charge on any atom is 0.161 e. The lowest BCUT2D eigenvalue weighted by molar-refractivity contribution is 0.0744. The highest BCUT2D eigenvalue weighted by atomic mass is 16.6. The lowest BCUT2D eigenvalue weighted by atomic mass is 10.3. The summed E-state index contributed by atoms with van der Waals surface area (Å²) in [5.74, 6) is 2.83. The first kappa shape index (κ1) is 17.0. The second-order valence-corrected chi connectivity index (χ2v) is 6.04. The van der Waals surface area contributed by atoms with E-state index in [9.17, 15) is 0 Å². The number of para-hydroxylation sites is 4. The van der Waals surface area contributed by atoms with Crippen LogP contribution >= 0.6 is 0 Å². The zero-order valence-electron chi connectivity index (χ0n) is 14.5. The van der Waals surface area contributed by atoms with Crippen LogP contribution in [0, 0.1) is 0 Å². The van der Waals surface area contributed by atoms with Gasteiger partial charge < -0.3 is 28.4 Å². The minimum atomic E-state index is 0.0233. The van der Waals surface area contributed by atoms with Crippen molar-refractivity contribution in [2.24, 2.45) is 0 Å². The Morgan fingerprint density at radius 2 is 0.962 bits per heavy atom. The Bertz CT molecular complexity index is 659. The maximum atomic E-state index is 5.87. The summed E-state index contributed by atoms with van der Waals surface area (Å²) in [5.41, 5.74) is 0. The van der Waals surface area contributed by atoms with Crippen LogP contribution in [0.2, 0.25) is 0 Å². The first-order valence-electron chi connectivity index (χ1n) is 8.82. The van der Waals surface area contributed by atoms with E-state index >= 15 is 0 Å². The van der Waals surface area contributed by atoms with Gasteiger partial charge in [0.05, 0.1) is 13.2 Å². The average Bonchev–Trinajstić information content (AvgIpc) is 3.43. The fraction of sp³-hybridized carbons (Fsp3) is 0.400. The molecule has 0 N–H and O–H groups in total. The normalized spacial score (nSPS) is 23.4. The third-order valence-electron chi connectivity index (χ3n) is 4.16. The Morgan fingerprint density at radius 3 is 1.42 bits per heavy atom. The highest BCUT2D eigenvalue weighted by Gasteiger charge is 2.40. The summed E-state index contributed by atoms with van der Waals surface area (Å²) in [6.45, 7) is 2.77.